The molecule has 4 aromatic rings. The third kappa shape index (κ3) is 5.25. The van der Waals surface area contributed by atoms with Gasteiger partial charge in [0.05, 0.1) is 11.8 Å². The van der Waals surface area contributed by atoms with Gasteiger partial charge in [0.25, 0.3) is 0 Å². The zero-order valence-electron chi connectivity index (χ0n) is 17.6. The summed E-state index contributed by atoms with van der Waals surface area (Å²) in [6.07, 6.45) is -1.95. The van der Waals surface area contributed by atoms with E-state index in [0.29, 0.717) is 29.1 Å². The van der Waals surface area contributed by atoms with Crippen LogP contribution in [0.5, 0.6) is 0 Å². The van der Waals surface area contributed by atoms with Crippen molar-refractivity contribution in [1.82, 2.24) is 20.2 Å². The van der Waals surface area contributed by atoms with Crippen LogP contribution in [-0.4, -0.2) is 52.5 Å². The largest absolute Gasteiger partial charge is 0.393 e. The molecule has 0 bridgehead atoms. The number of anilines is 2. The lowest BCUT2D eigenvalue weighted by Crippen LogP contribution is -2.46. The molecule has 0 aliphatic carbocycles. The first kappa shape index (κ1) is 22.0. The van der Waals surface area contributed by atoms with Crippen LogP contribution in [0.1, 0.15) is 15.4 Å². The molecule has 0 unspecified atom stereocenters. The average Bonchev–Trinajstić information content (AvgIpc) is 3.44. The van der Waals surface area contributed by atoms with Crippen LogP contribution in [0.4, 0.5) is 24.1 Å². The summed E-state index contributed by atoms with van der Waals surface area (Å²) < 4.78 is 38.4. The number of rotatable bonds is 6. The van der Waals surface area contributed by atoms with E-state index in [4.69, 9.17) is 0 Å². The Hall–Kier alpha value is -2.79. The van der Waals surface area contributed by atoms with Gasteiger partial charge >= 0.3 is 6.18 Å². The molecule has 1 aliphatic rings. The van der Waals surface area contributed by atoms with Gasteiger partial charge < -0.3 is 9.80 Å². The average molecular weight is 491 g/mol. The molecule has 0 radical (unpaired) electrons. The van der Waals surface area contributed by atoms with Crippen LogP contribution in [0, 0.1) is 0 Å². The predicted octanol–water partition coefficient (Wildman–Crippen LogP) is 4.76. The summed E-state index contributed by atoms with van der Waals surface area (Å²) >= 11 is 2.70. The van der Waals surface area contributed by atoms with Gasteiger partial charge in [-0.3, -0.25) is 0 Å². The SMILES string of the molecule is FC(F)(F)Cc1cc2c(N3CCN(c4nnc(CCc5ccccc5)s4)CC3)ncnc2s1. The molecule has 0 saturated carbocycles. The van der Waals surface area contributed by atoms with Crippen molar-refractivity contribution in [2.45, 2.75) is 25.4 Å². The van der Waals surface area contributed by atoms with Crippen LogP contribution in [0.3, 0.4) is 0 Å². The minimum Gasteiger partial charge on any atom is -0.352 e. The van der Waals surface area contributed by atoms with Gasteiger partial charge in [0.15, 0.2) is 0 Å². The lowest BCUT2D eigenvalue weighted by Gasteiger charge is -2.35. The van der Waals surface area contributed by atoms with Crippen molar-refractivity contribution >= 4 is 43.8 Å². The molecule has 1 saturated heterocycles. The van der Waals surface area contributed by atoms with Crippen LogP contribution < -0.4 is 9.80 Å². The van der Waals surface area contributed by atoms with E-state index >= 15 is 0 Å². The van der Waals surface area contributed by atoms with Crippen LogP contribution in [0.25, 0.3) is 10.2 Å². The monoisotopic (exact) mass is 490 g/mol. The van der Waals surface area contributed by atoms with E-state index in [2.05, 4.69) is 42.1 Å². The Morgan fingerprint density at radius 1 is 0.879 bits per heavy atom. The molecular formula is C22H21F3N6S2. The molecule has 0 atom stereocenters. The van der Waals surface area contributed by atoms with Crippen molar-refractivity contribution < 1.29 is 13.2 Å². The van der Waals surface area contributed by atoms with Gasteiger partial charge in [-0.25, -0.2) is 9.97 Å². The van der Waals surface area contributed by atoms with Crippen molar-refractivity contribution in [2.24, 2.45) is 0 Å². The summed E-state index contributed by atoms with van der Waals surface area (Å²) in [5.74, 6) is 0.699. The highest BCUT2D eigenvalue weighted by Gasteiger charge is 2.29. The molecule has 5 rings (SSSR count). The van der Waals surface area contributed by atoms with E-state index in [1.807, 2.05) is 18.2 Å². The van der Waals surface area contributed by atoms with Crippen LogP contribution in [0.15, 0.2) is 42.7 Å². The minimum absolute atomic E-state index is 0.259. The lowest BCUT2D eigenvalue weighted by atomic mass is 10.1. The van der Waals surface area contributed by atoms with Crippen molar-refractivity contribution in [1.29, 1.82) is 0 Å². The maximum absolute atomic E-state index is 12.8. The number of hydrogen-bond acceptors (Lipinski definition) is 8. The van der Waals surface area contributed by atoms with Crippen LogP contribution >= 0.6 is 22.7 Å². The van der Waals surface area contributed by atoms with Gasteiger partial charge in [0.2, 0.25) is 5.13 Å². The number of thiophene rings is 1. The number of alkyl halides is 3. The summed E-state index contributed by atoms with van der Waals surface area (Å²) in [7, 11) is 0. The van der Waals surface area contributed by atoms with Crippen molar-refractivity contribution in [3.63, 3.8) is 0 Å². The first-order chi connectivity index (χ1) is 15.9. The number of benzene rings is 1. The number of piperazine rings is 1. The smallest absolute Gasteiger partial charge is 0.352 e. The van der Waals surface area contributed by atoms with E-state index in [0.717, 1.165) is 47.4 Å². The predicted molar refractivity (Wildman–Crippen MR) is 125 cm³/mol. The van der Waals surface area contributed by atoms with E-state index in [1.165, 1.54) is 11.9 Å². The number of nitrogens with zero attached hydrogens (tertiary/aromatic N) is 6. The van der Waals surface area contributed by atoms with Gasteiger partial charge in [-0.2, -0.15) is 13.2 Å². The second kappa shape index (κ2) is 9.22. The second-order valence-electron chi connectivity index (χ2n) is 7.86. The third-order valence-electron chi connectivity index (χ3n) is 5.51. The normalized spacial score (nSPS) is 14.9. The maximum Gasteiger partial charge on any atom is 0.393 e. The van der Waals surface area contributed by atoms with Crippen molar-refractivity contribution in [3.05, 3.63) is 58.2 Å². The fourth-order valence-corrected chi connectivity index (χ4v) is 5.82. The second-order valence-corrected chi connectivity index (χ2v) is 10.0. The molecule has 33 heavy (non-hydrogen) atoms. The van der Waals surface area contributed by atoms with E-state index in [-0.39, 0.29) is 4.88 Å². The molecule has 172 valence electrons. The Bertz CT molecular complexity index is 1220. The molecule has 4 heterocycles. The summed E-state index contributed by atoms with van der Waals surface area (Å²) in [6, 6.07) is 11.9. The number of halogens is 3. The standard InChI is InChI=1S/C22H21F3N6S2/c23-22(24,25)13-16-12-17-19(26-14-27-20(17)32-16)30-8-10-31(11-9-30)21-29-28-18(33-21)7-6-15-4-2-1-3-5-15/h1-5,12,14H,6-11,13H2. The highest BCUT2D eigenvalue weighted by atomic mass is 32.1. The number of fused-ring (bicyclic) bond motifs is 1. The lowest BCUT2D eigenvalue weighted by molar-refractivity contribution is -0.126. The quantitative estimate of drug-likeness (QED) is 0.389. The Labute approximate surface area is 196 Å². The molecule has 1 aromatic carbocycles. The first-order valence-corrected chi connectivity index (χ1v) is 12.2. The van der Waals surface area contributed by atoms with Crippen molar-refractivity contribution in [2.75, 3.05) is 36.0 Å². The van der Waals surface area contributed by atoms with Crippen LogP contribution in [-0.2, 0) is 19.3 Å². The molecule has 0 N–H and O–H groups in total. The fraction of sp³-hybridized carbons (Fsp3) is 0.364. The van der Waals surface area contributed by atoms with Crippen LogP contribution in [0.2, 0.25) is 0 Å². The Morgan fingerprint density at radius 3 is 2.39 bits per heavy atom. The van der Waals surface area contributed by atoms with Gasteiger partial charge in [-0.05, 0) is 18.1 Å². The maximum atomic E-state index is 12.8. The highest BCUT2D eigenvalue weighted by Crippen LogP contribution is 2.34. The highest BCUT2D eigenvalue weighted by molar-refractivity contribution is 7.18. The summed E-state index contributed by atoms with van der Waals surface area (Å²) in [5, 5.41) is 11.4. The molecule has 1 fully saturated rings. The summed E-state index contributed by atoms with van der Waals surface area (Å²) in [6.45, 7) is 2.90. The molecule has 6 nitrogen and oxygen atoms in total. The third-order valence-corrected chi connectivity index (χ3v) is 7.60. The molecule has 0 amide bonds. The molecule has 1 aliphatic heterocycles. The first-order valence-electron chi connectivity index (χ1n) is 10.6. The zero-order valence-corrected chi connectivity index (χ0v) is 19.3. The van der Waals surface area contributed by atoms with E-state index in [1.54, 1.807) is 17.4 Å². The van der Waals surface area contributed by atoms with Gasteiger partial charge in [-0.1, -0.05) is 41.7 Å². The van der Waals surface area contributed by atoms with Gasteiger partial charge in [0.1, 0.15) is 22.0 Å². The summed E-state index contributed by atoms with van der Waals surface area (Å²) in [4.78, 5) is 13.7. The van der Waals surface area contributed by atoms with E-state index < -0.39 is 12.6 Å². The Balaban J connectivity index is 1.22. The van der Waals surface area contributed by atoms with Gasteiger partial charge in [0, 0.05) is 37.5 Å². The number of aryl methyl sites for hydroxylation is 2. The topological polar surface area (TPSA) is 58.0 Å². The molecule has 0 spiro atoms. The van der Waals surface area contributed by atoms with E-state index in [9.17, 15) is 13.2 Å². The fourth-order valence-electron chi connectivity index (χ4n) is 3.91. The van der Waals surface area contributed by atoms with Gasteiger partial charge in [-0.15, -0.1) is 21.5 Å². The summed E-state index contributed by atoms with van der Waals surface area (Å²) in [5.41, 5.74) is 1.28. The number of hydrogen-bond donors (Lipinski definition) is 0. The zero-order chi connectivity index (χ0) is 22.8. The Kier molecular flexibility index (Phi) is 6.15. The Morgan fingerprint density at radius 2 is 1.64 bits per heavy atom. The molecule has 11 heteroatoms. The minimum atomic E-state index is -4.23. The number of aromatic nitrogens is 4. The molecule has 3 aromatic heterocycles. The molecular weight excluding hydrogens is 469 g/mol. The van der Waals surface area contributed by atoms with Crippen molar-refractivity contribution in [3.8, 4) is 0 Å².